The molecular formula is C27H25N5O3. The highest BCUT2D eigenvalue weighted by Gasteiger charge is 2.23. The zero-order valence-electron chi connectivity index (χ0n) is 19.4. The van der Waals surface area contributed by atoms with E-state index in [1.165, 1.54) is 5.56 Å². The topological polar surface area (TPSA) is 99.4 Å². The van der Waals surface area contributed by atoms with Gasteiger partial charge in [0.1, 0.15) is 0 Å². The highest BCUT2D eigenvalue weighted by Crippen LogP contribution is 2.23. The summed E-state index contributed by atoms with van der Waals surface area (Å²) in [5, 5.41) is 13.2. The molecule has 1 saturated heterocycles. The summed E-state index contributed by atoms with van der Waals surface area (Å²) in [5.74, 6) is 1.21. The van der Waals surface area contributed by atoms with Crippen LogP contribution < -0.4 is 0 Å². The van der Waals surface area contributed by atoms with Crippen LogP contribution in [0.5, 0.6) is 0 Å². The quantitative estimate of drug-likeness (QED) is 0.409. The van der Waals surface area contributed by atoms with Gasteiger partial charge in [-0.1, -0.05) is 41.6 Å². The fraction of sp³-hybridized carbons (Fsp3) is 0.259. The van der Waals surface area contributed by atoms with Gasteiger partial charge >= 0.3 is 0 Å². The molecule has 0 bridgehead atoms. The molecule has 1 amide bonds. The van der Waals surface area contributed by atoms with Crippen LogP contribution in [0.25, 0.3) is 23.0 Å². The summed E-state index contributed by atoms with van der Waals surface area (Å²) in [5.41, 5.74) is 3.57. The molecule has 1 aliphatic heterocycles. The Morgan fingerprint density at radius 1 is 1.09 bits per heavy atom. The summed E-state index contributed by atoms with van der Waals surface area (Å²) in [7, 11) is 0. The number of furan rings is 1. The van der Waals surface area contributed by atoms with Gasteiger partial charge in [0.05, 0.1) is 18.3 Å². The molecule has 0 aliphatic carbocycles. The maximum absolute atomic E-state index is 13.0. The maximum Gasteiger partial charge on any atom is 0.293 e. The van der Waals surface area contributed by atoms with Crippen molar-refractivity contribution >= 4 is 5.91 Å². The van der Waals surface area contributed by atoms with Crippen molar-refractivity contribution in [2.45, 2.75) is 19.4 Å². The van der Waals surface area contributed by atoms with Crippen molar-refractivity contribution in [3.63, 3.8) is 0 Å². The monoisotopic (exact) mass is 467 g/mol. The van der Waals surface area contributed by atoms with E-state index in [1.807, 2.05) is 48.2 Å². The van der Waals surface area contributed by atoms with Crippen LogP contribution in [0.3, 0.4) is 0 Å². The van der Waals surface area contributed by atoms with Gasteiger partial charge < -0.3 is 13.8 Å². The number of hydrogen-bond acceptors (Lipinski definition) is 7. The first-order chi connectivity index (χ1) is 17.1. The number of carbonyl (C=O) groups excluding carboxylic acids is 1. The fourth-order valence-electron chi connectivity index (χ4n) is 4.17. The molecule has 35 heavy (non-hydrogen) atoms. The van der Waals surface area contributed by atoms with E-state index in [9.17, 15) is 4.79 Å². The van der Waals surface area contributed by atoms with Crippen LogP contribution in [-0.4, -0.2) is 52.0 Å². The lowest BCUT2D eigenvalue weighted by Crippen LogP contribution is -2.48. The van der Waals surface area contributed by atoms with Gasteiger partial charge in [0.15, 0.2) is 5.76 Å². The van der Waals surface area contributed by atoms with Crippen molar-refractivity contribution in [3.8, 4) is 29.1 Å². The Kier molecular flexibility index (Phi) is 6.42. The Morgan fingerprint density at radius 2 is 1.89 bits per heavy atom. The highest BCUT2D eigenvalue weighted by molar-refractivity contribution is 5.94. The lowest BCUT2D eigenvalue weighted by molar-refractivity contribution is 0.0628. The lowest BCUT2D eigenvalue weighted by Gasteiger charge is -2.35. The Bertz CT molecular complexity index is 1330. The van der Waals surface area contributed by atoms with Crippen molar-refractivity contribution in [2.24, 2.45) is 0 Å². The van der Waals surface area contributed by atoms with Crippen LogP contribution in [0.15, 0.2) is 75.9 Å². The Labute approximate surface area is 203 Å². The van der Waals surface area contributed by atoms with Crippen molar-refractivity contribution in [3.05, 3.63) is 83.6 Å². The first-order valence-electron chi connectivity index (χ1n) is 11.6. The minimum Gasteiger partial charge on any atom is -0.459 e. The molecule has 8 nitrogen and oxygen atoms in total. The van der Waals surface area contributed by atoms with Gasteiger partial charge in [0, 0.05) is 43.9 Å². The number of benzene rings is 2. The van der Waals surface area contributed by atoms with Gasteiger partial charge in [-0.2, -0.15) is 10.2 Å². The number of nitrogens with zero attached hydrogens (tertiary/aromatic N) is 5. The lowest BCUT2D eigenvalue weighted by atomic mass is 10.00. The smallest absolute Gasteiger partial charge is 0.293 e. The minimum absolute atomic E-state index is 0.0232. The first-order valence-corrected chi connectivity index (χ1v) is 11.6. The minimum atomic E-state index is -0.232. The summed E-state index contributed by atoms with van der Waals surface area (Å²) in [4.78, 5) is 21.6. The van der Waals surface area contributed by atoms with Gasteiger partial charge in [-0.15, -0.1) is 0 Å². The second kappa shape index (κ2) is 9.95. The van der Waals surface area contributed by atoms with E-state index in [0.29, 0.717) is 36.1 Å². The molecule has 0 N–H and O–H groups in total. The van der Waals surface area contributed by atoms with Crippen molar-refractivity contribution < 1.29 is 13.7 Å². The third-order valence-electron chi connectivity index (χ3n) is 6.26. The number of amides is 1. The SMILES string of the molecule is CC(C#N)c1cccc(C(=O)N2CCN(Cc3ccc(-c4noc(-c5ccco5)n4)cc3)CC2)c1. The molecule has 2 aromatic carbocycles. The molecule has 5 rings (SSSR count). The molecule has 1 atom stereocenters. The molecule has 4 aromatic rings. The Hall–Kier alpha value is -4.22. The van der Waals surface area contributed by atoms with Crippen molar-refractivity contribution in [1.82, 2.24) is 19.9 Å². The zero-order chi connectivity index (χ0) is 24.2. The normalized spacial score (nSPS) is 15.0. The van der Waals surface area contributed by atoms with Crippen LogP contribution in [0.4, 0.5) is 0 Å². The molecule has 3 heterocycles. The largest absolute Gasteiger partial charge is 0.459 e. The van der Waals surface area contributed by atoms with E-state index in [1.54, 1.807) is 18.4 Å². The molecule has 0 saturated carbocycles. The molecule has 0 spiro atoms. The van der Waals surface area contributed by atoms with Gasteiger partial charge in [-0.05, 0) is 42.3 Å². The highest BCUT2D eigenvalue weighted by atomic mass is 16.5. The maximum atomic E-state index is 13.0. The van der Waals surface area contributed by atoms with Gasteiger partial charge in [-0.25, -0.2) is 0 Å². The number of hydrogen-bond donors (Lipinski definition) is 0. The third-order valence-corrected chi connectivity index (χ3v) is 6.26. The second-order valence-corrected chi connectivity index (χ2v) is 8.64. The van der Waals surface area contributed by atoms with E-state index in [2.05, 4.69) is 33.2 Å². The van der Waals surface area contributed by atoms with Crippen LogP contribution in [0.2, 0.25) is 0 Å². The van der Waals surface area contributed by atoms with E-state index >= 15 is 0 Å². The summed E-state index contributed by atoms with van der Waals surface area (Å²) in [6.45, 7) is 5.61. The summed E-state index contributed by atoms with van der Waals surface area (Å²) < 4.78 is 10.6. The molecular weight excluding hydrogens is 442 g/mol. The third kappa shape index (κ3) is 5.00. The Morgan fingerprint density at radius 3 is 2.60 bits per heavy atom. The number of carbonyl (C=O) groups is 1. The predicted molar refractivity (Wildman–Crippen MR) is 129 cm³/mol. The van der Waals surface area contributed by atoms with Gasteiger partial charge in [-0.3, -0.25) is 9.69 Å². The molecule has 1 aliphatic rings. The number of nitriles is 1. The predicted octanol–water partition coefficient (Wildman–Crippen LogP) is 4.58. The average Bonchev–Trinajstić information content (AvgIpc) is 3.61. The summed E-state index contributed by atoms with van der Waals surface area (Å²) >= 11 is 0. The molecule has 0 radical (unpaired) electrons. The molecule has 2 aromatic heterocycles. The molecule has 176 valence electrons. The molecule has 1 fully saturated rings. The van der Waals surface area contributed by atoms with E-state index in [0.717, 1.165) is 30.8 Å². The molecule has 8 heteroatoms. The van der Waals surface area contributed by atoms with E-state index < -0.39 is 0 Å². The van der Waals surface area contributed by atoms with Crippen LogP contribution >= 0.6 is 0 Å². The second-order valence-electron chi connectivity index (χ2n) is 8.64. The zero-order valence-corrected chi connectivity index (χ0v) is 19.4. The number of aromatic nitrogens is 2. The van der Waals surface area contributed by atoms with Crippen LogP contribution in [0.1, 0.15) is 34.3 Å². The van der Waals surface area contributed by atoms with Gasteiger partial charge in [0.2, 0.25) is 5.82 Å². The first kappa shape index (κ1) is 22.6. The van der Waals surface area contributed by atoms with Crippen LogP contribution in [0, 0.1) is 11.3 Å². The van der Waals surface area contributed by atoms with Crippen LogP contribution in [-0.2, 0) is 6.54 Å². The van der Waals surface area contributed by atoms with Crippen molar-refractivity contribution in [2.75, 3.05) is 26.2 Å². The standard InChI is InChI=1S/C27H25N5O3/c1-19(17-28)22-4-2-5-23(16-22)27(33)32-13-11-31(12-14-32)18-20-7-9-21(10-8-20)25-29-26(35-30-25)24-6-3-15-34-24/h2-10,15-16,19H,11-14,18H2,1H3. The molecule has 1 unspecified atom stereocenters. The van der Waals surface area contributed by atoms with Crippen molar-refractivity contribution in [1.29, 1.82) is 5.26 Å². The summed E-state index contributed by atoms with van der Waals surface area (Å²) in [6, 6.07) is 21.3. The summed E-state index contributed by atoms with van der Waals surface area (Å²) in [6.07, 6.45) is 1.57. The number of rotatable bonds is 6. The Balaban J connectivity index is 1.16. The fourth-order valence-corrected chi connectivity index (χ4v) is 4.17. The number of piperazine rings is 1. The van der Waals surface area contributed by atoms with E-state index in [4.69, 9.17) is 14.2 Å². The average molecular weight is 468 g/mol. The van der Waals surface area contributed by atoms with E-state index in [-0.39, 0.29) is 11.8 Å². The van der Waals surface area contributed by atoms with Gasteiger partial charge in [0.25, 0.3) is 11.8 Å².